The fourth-order valence-electron chi connectivity index (χ4n) is 3.10. The molecule has 1 saturated carbocycles. The predicted molar refractivity (Wildman–Crippen MR) is 76.6 cm³/mol. The van der Waals surface area contributed by atoms with Crippen molar-refractivity contribution in [2.45, 2.75) is 39.2 Å². The van der Waals surface area contributed by atoms with Crippen molar-refractivity contribution >= 4 is 10.9 Å². The maximum absolute atomic E-state index is 3.66. The average Bonchev–Trinajstić information content (AvgIpc) is 2.81. The van der Waals surface area contributed by atoms with Gasteiger partial charge in [-0.25, -0.2) is 0 Å². The summed E-state index contributed by atoms with van der Waals surface area (Å²) in [5.41, 5.74) is 3.24. The van der Waals surface area contributed by atoms with Crippen molar-refractivity contribution in [2.24, 2.45) is 5.41 Å². The number of H-pyrrole nitrogens is 1. The van der Waals surface area contributed by atoms with Crippen LogP contribution in [0.4, 0.5) is 0 Å². The summed E-state index contributed by atoms with van der Waals surface area (Å²) in [6, 6.07) is 8.67. The zero-order valence-electron chi connectivity index (χ0n) is 11.1. The summed E-state index contributed by atoms with van der Waals surface area (Å²) >= 11 is 0. The molecule has 2 aromatic rings. The molecule has 0 amide bonds. The lowest BCUT2D eigenvalue weighted by molar-refractivity contribution is 0.124. The number of hydrogen-bond donors (Lipinski definition) is 2. The number of aromatic amines is 1. The minimum absolute atomic E-state index is 0.603. The summed E-state index contributed by atoms with van der Waals surface area (Å²) in [4.78, 5) is 3.27. The Morgan fingerprint density at radius 2 is 2.17 bits per heavy atom. The highest BCUT2D eigenvalue weighted by atomic mass is 14.9. The van der Waals surface area contributed by atoms with Crippen LogP contribution < -0.4 is 5.32 Å². The van der Waals surface area contributed by atoms with E-state index >= 15 is 0 Å². The smallest absolute Gasteiger partial charge is 0.0457 e. The van der Waals surface area contributed by atoms with Crippen molar-refractivity contribution in [1.82, 2.24) is 10.3 Å². The molecule has 0 bridgehead atoms. The van der Waals surface area contributed by atoms with Crippen LogP contribution in [0.2, 0.25) is 0 Å². The molecular formula is C16H22N2. The highest BCUT2D eigenvalue weighted by molar-refractivity contribution is 5.82. The maximum atomic E-state index is 3.66. The SMILES string of the molecule is CCC1(CNCc2cccc3[nH]ccc23)CCC1. The molecule has 0 saturated heterocycles. The fraction of sp³-hybridized carbons (Fsp3) is 0.500. The van der Waals surface area contributed by atoms with Gasteiger partial charge in [-0.2, -0.15) is 0 Å². The van der Waals surface area contributed by atoms with Gasteiger partial charge in [-0.1, -0.05) is 25.5 Å². The lowest BCUT2D eigenvalue weighted by Gasteiger charge is -2.41. The Balaban J connectivity index is 1.64. The number of fused-ring (bicyclic) bond motifs is 1. The molecular weight excluding hydrogens is 220 g/mol. The Bertz CT molecular complexity index is 517. The highest BCUT2D eigenvalue weighted by Crippen LogP contribution is 2.43. The molecule has 18 heavy (non-hydrogen) atoms. The molecule has 0 spiro atoms. The molecule has 1 aromatic heterocycles. The molecule has 2 heteroatoms. The normalized spacial score (nSPS) is 17.8. The molecule has 2 N–H and O–H groups in total. The van der Waals surface area contributed by atoms with Crippen LogP contribution in [0.5, 0.6) is 0 Å². The van der Waals surface area contributed by atoms with Gasteiger partial charge in [0.25, 0.3) is 0 Å². The van der Waals surface area contributed by atoms with Crippen LogP contribution in [-0.2, 0) is 6.54 Å². The Labute approximate surface area is 109 Å². The summed E-state index contributed by atoms with van der Waals surface area (Å²) in [7, 11) is 0. The van der Waals surface area contributed by atoms with Crippen molar-refractivity contribution in [3.8, 4) is 0 Å². The molecule has 1 aliphatic carbocycles. The van der Waals surface area contributed by atoms with E-state index in [9.17, 15) is 0 Å². The molecule has 1 aliphatic rings. The standard InChI is InChI=1S/C16H22N2/c1-2-16(8-4-9-16)12-17-11-13-5-3-6-15-14(13)7-10-18-15/h3,5-7,10,17-18H,2,4,8-9,11-12H2,1H3. The van der Waals surface area contributed by atoms with Crippen LogP contribution in [0.3, 0.4) is 0 Å². The lowest BCUT2D eigenvalue weighted by atomic mass is 9.67. The van der Waals surface area contributed by atoms with E-state index in [2.05, 4.69) is 41.5 Å². The van der Waals surface area contributed by atoms with E-state index in [0.29, 0.717) is 5.41 Å². The first-order valence-corrected chi connectivity index (χ1v) is 7.09. The van der Waals surface area contributed by atoms with E-state index in [1.165, 1.54) is 48.7 Å². The minimum atomic E-state index is 0.603. The Hall–Kier alpha value is -1.28. The van der Waals surface area contributed by atoms with E-state index in [1.54, 1.807) is 0 Å². The van der Waals surface area contributed by atoms with Gasteiger partial charge in [-0.3, -0.25) is 0 Å². The number of rotatable bonds is 5. The third-order valence-corrected chi connectivity index (χ3v) is 4.66. The monoisotopic (exact) mass is 242 g/mol. The molecule has 0 radical (unpaired) electrons. The van der Waals surface area contributed by atoms with Gasteiger partial charge in [-0.05, 0) is 42.4 Å². The molecule has 1 heterocycles. The summed E-state index contributed by atoms with van der Waals surface area (Å²) in [5.74, 6) is 0. The maximum Gasteiger partial charge on any atom is 0.0457 e. The molecule has 2 nitrogen and oxygen atoms in total. The van der Waals surface area contributed by atoms with Gasteiger partial charge >= 0.3 is 0 Å². The van der Waals surface area contributed by atoms with Crippen molar-refractivity contribution in [3.05, 3.63) is 36.0 Å². The first-order chi connectivity index (χ1) is 8.83. The third kappa shape index (κ3) is 2.05. The number of benzene rings is 1. The lowest BCUT2D eigenvalue weighted by Crippen LogP contribution is -2.39. The highest BCUT2D eigenvalue weighted by Gasteiger charge is 2.34. The van der Waals surface area contributed by atoms with Crippen LogP contribution in [0.25, 0.3) is 10.9 Å². The van der Waals surface area contributed by atoms with E-state index in [0.717, 1.165) is 6.54 Å². The van der Waals surface area contributed by atoms with Gasteiger partial charge in [0.1, 0.15) is 0 Å². The van der Waals surface area contributed by atoms with E-state index in [-0.39, 0.29) is 0 Å². The first kappa shape index (κ1) is 11.8. The van der Waals surface area contributed by atoms with Gasteiger partial charge in [0, 0.05) is 30.2 Å². The Morgan fingerprint density at radius 3 is 2.89 bits per heavy atom. The molecule has 1 fully saturated rings. The summed E-state index contributed by atoms with van der Waals surface area (Å²) in [6.07, 6.45) is 7.57. The fourth-order valence-corrected chi connectivity index (χ4v) is 3.10. The molecule has 3 rings (SSSR count). The molecule has 0 aliphatic heterocycles. The largest absolute Gasteiger partial charge is 0.361 e. The van der Waals surface area contributed by atoms with Crippen molar-refractivity contribution in [2.75, 3.05) is 6.54 Å². The topological polar surface area (TPSA) is 27.8 Å². The summed E-state index contributed by atoms with van der Waals surface area (Å²) in [5, 5.41) is 5.01. The summed E-state index contributed by atoms with van der Waals surface area (Å²) in [6.45, 7) is 4.48. The second-order valence-electron chi connectivity index (χ2n) is 5.67. The number of aromatic nitrogens is 1. The van der Waals surface area contributed by atoms with Crippen molar-refractivity contribution in [1.29, 1.82) is 0 Å². The van der Waals surface area contributed by atoms with E-state index in [4.69, 9.17) is 0 Å². The summed E-state index contributed by atoms with van der Waals surface area (Å²) < 4.78 is 0. The van der Waals surface area contributed by atoms with Gasteiger partial charge in [-0.15, -0.1) is 0 Å². The number of hydrogen-bond acceptors (Lipinski definition) is 1. The first-order valence-electron chi connectivity index (χ1n) is 7.09. The van der Waals surface area contributed by atoms with Crippen LogP contribution in [0.1, 0.15) is 38.2 Å². The zero-order valence-corrected chi connectivity index (χ0v) is 11.1. The van der Waals surface area contributed by atoms with Crippen molar-refractivity contribution < 1.29 is 0 Å². The van der Waals surface area contributed by atoms with Crippen LogP contribution in [0.15, 0.2) is 30.5 Å². The van der Waals surface area contributed by atoms with E-state index < -0.39 is 0 Å². The van der Waals surface area contributed by atoms with Crippen LogP contribution in [0, 0.1) is 5.41 Å². The minimum Gasteiger partial charge on any atom is -0.361 e. The molecule has 96 valence electrons. The van der Waals surface area contributed by atoms with Gasteiger partial charge in [0.15, 0.2) is 0 Å². The van der Waals surface area contributed by atoms with Gasteiger partial charge in [0.2, 0.25) is 0 Å². The third-order valence-electron chi connectivity index (χ3n) is 4.66. The van der Waals surface area contributed by atoms with E-state index in [1.807, 2.05) is 6.20 Å². The second kappa shape index (κ2) is 4.77. The zero-order chi connectivity index (χ0) is 12.4. The molecule has 0 unspecified atom stereocenters. The predicted octanol–water partition coefficient (Wildman–Crippen LogP) is 3.84. The van der Waals surface area contributed by atoms with Crippen LogP contribution >= 0.6 is 0 Å². The van der Waals surface area contributed by atoms with Gasteiger partial charge < -0.3 is 10.3 Å². The Kier molecular flexibility index (Phi) is 3.13. The van der Waals surface area contributed by atoms with Gasteiger partial charge in [0.05, 0.1) is 0 Å². The molecule has 1 aromatic carbocycles. The number of nitrogens with one attached hydrogen (secondary N) is 2. The second-order valence-corrected chi connectivity index (χ2v) is 5.67. The average molecular weight is 242 g/mol. The quantitative estimate of drug-likeness (QED) is 0.819. The Morgan fingerprint density at radius 1 is 1.28 bits per heavy atom. The molecule has 0 atom stereocenters. The van der Waals surface area contributed by atoms with Crippen LogP contribution in [-0.4, -0.2) is 11.5 Å². The van der Waals surface area contributed by atoms with Crippen molar-refractivity contribution in [3.63, 3.8) is 0 Å².